The zero-order valence-electron chi connectivity index (χ0n) is 11.2. The van der Waals surface area contributed by atoms with Gasteiger partial charge in [0.05, 0.1) is 18.2 Å². The van der Waals surface area contributed by atoms with Gasteiger partial charge in [-0.25, -0.2) is 4.83 Å². The summed E-state index contributed by atoms with van der Waals surface area (Å²) in [5, 5.41) is 13.3. The Labute approximate surface area is 122 Å². The van der Waals surface area contributed by atoms with Crippen molar-refractivity contribution in [3.8, 4) is 11.5 Å². The molecular weight excluding hydrogens is 292 g/mol. The molecule has 0 fully saturated rings. The molecule has 0 spiro atoms. The van der Waals surface area contributed by atoms with E-state index in [1.54, 1.807) is 24.3 Å². The first kappa shape index (κ1) is 14.9. The second-order valence-corrected chi connectivity index (χ2v) is 5.75. The summed E-state index contributed by atoms with van der Waals surface area (Å²) in [4.78, 5) is 2.19. The minimum absolute atomic E-state index is 0.0292. The Kier molecular flexibility index (Phi) is 4.44. The third-order valence-electron chi connectivity index (χ3n) is 2.66. The molecule has 0 aliphatic carbocycles. The highest BCUT2D eigenvalue weighted by molar-refractivity contribution is 7.89. The molecule has 0 aromatic heterocycles. The average molecular weight is 306 g/mol. The molecule has 0 saturated heterocycles. The Hall–Kier alpha value is -2.54. The summed E-state index contributed by atoms with van der Waals surface area (Å²) in [6.07, 6.45) is 1.21. The number of phenolic OH excluding ortho intramolecular Hbond substituents is 1. The number of hydrazone groups is 1. The van der Waals surface area contributed by atoms with Crippen molar-refractivity contribution >= 4 is 16.2 Å². The van der Waals surface area contributed by atoms with Gasteiger partial charge in [-0.2, -0.15) is 13.5 Å². The normalized spacial score (nSPS) is 11.5. The molecule has 21 heavy (non-hydrogen) atoms. The highest BCUT2D eigenvalue weighted by atomic mass is 32.2. The molecule has 0 amide bonds. The molecule has 0 heterocycles. The van der Waals surface area contributed by atoms with Crippen molar-refractivity contribution in [1.29, 1.82) is 0 Å². The van der Waals surface area contributed by atoms with Crippen LogP contribution in [-0.2, 0) is 10.0 Å². The van der Waals surface area contributed by atoms with E-state index < -0.39 is 10.0 Å². The Bertz CT molecular complexity index is 743. The van der Waals surface area contributed by atoms with Gasteiger partial charge in [-0.05, 0) is 30.3 Å². The molecule has 6 nitrogen and oxygen atoms in total. The van der Waals surface area contributed by atoms with Crippen LogP contribution in [0.1, 0.15) is 5.56 Å². The van der Waals surface area contributed by atoms with E-state index in [2.05, 4.69) is 9.93 Å². The van der Waals surface area contributed by atoms with Gasteiger partial charge in [-0.15, -0.1) is 0 Å². The number of hydrogen-bond acceptors (Lipinski definition) is 5. The van der Waals surface area contributed by atoms with Crippen molar-refractivity contribution in [3.05, 3.63) is 54.1 Å². The molecular formula is C14H14N2O4S. The summed E-state index contributed by atoms with van der Waals surface area (Å²) in [7, 11) is -2.23. The van der Waals surface area contributed by atoms with Gasteiger partial charge >= 0.3 is 0 Å². The van der Waals surface area contributed by atoms with E-state index in [4.69, 9.17) is 4.74 Å². The molecule has 110 valence electrons. The van der Waals surface area contributed by atoms with Crippen molar-refractivity contribution in [2.75, 3.05) is 7.11 Å². The molecule has 0 saturated carbocycles. The van der Waals surface area contributed by atoms with Crippen LogP contribution < -0.4 is 9.57 Å². The summed E-state index contributed by atoms with van der Waals surface area (Å²) in [6.45, 7) is 0. The van der Waals surface area contributed by atoms with Crippen LogP contribution in [0.15, 0.2) is 58.5 Å². The molecule has 0 bridgehead atoms. The first-order chi connectivity index (χ1) is 10.0. The largest absolute Gasteiger partial charge is 0.507 e. The molecule has 0 unspecified atom stereocenters. The van der Waals surface area contributed by atoms with E-state index in [-0.39, 0.29) is 10.6 Å². The van der Waals surface area contributed by atoms with Crippen molar-refractivity contribution in [2.45, 2.75) is 4.90 Å². The molecule has 0 radical (unpaired) electrons. The fourth-order valence-electron chi connectivity index (χ4n) is 1.58. The first-order valence-electron chi connectivity index (χ1n) is 6.00. The van der Waals surface area contributed by atoms with E-state index >= 15 is 0 Å². The second-order valence-electron chi connectivity index (χ2n) is 4.09. The van der Waals surface area contributed by atoms with Crippen molar-refractivity contribution in [3.63, 3.8) is 0 Å². The minimum Gasteiger partial charge on any atom is -0.507 e. The van der Waals surface area contributed by atoms with E-state index in [0.29, 0.717) is 11.3 Å². The van der Waals surface area contributed by atoms with E-state index in [9.17, 15) is 13.5 Å². The lowest BCUT2D eigenvalue weighted by molar-refractivity contribution is 0.412. The zero-order valence-corrected chi connectivity index (χ0v) is 12.0. The van der Waals surface area contributed by atoms with Crippen LogP contribution in [0.25, 0.3) is 0 Å². The summed E-state index contributed by atoms with van der Waals surface area (Å²) in [5.41, 5.74) is 0.338. The molecule has 0 aliphatic rings. The van der Waals surface area contributed by atoms with Gasteiger partial charge in [-0.3, -0.25) is 0 Å². The monoisotopic (exact) mass is 306 g/mol. The lowest BCUT2D eigenvalue weighted by Gasteiger charge is -2.04. The Balaban J connectivity index is 2.16. The standard InChI is InChI=1S/C14H14N2O4S/c1-20-12-7-8-14(17)11(9-12)10-15-16-21(18,19)13-5-3-2-4-6-13/h2-10,16-17H,1H3/b15-10-. The number of nitrogens with zero attached hydrogens (tertiary/aromatic N) is 1. The molecule has 2 N–H and O–H groups in total. The lowest BCUT2D eigenvalue weighted by Crippen LogP contribution is -2.18. The fourth-order valence-corrected chi connectivity index (χ4v) is 2.39. The highest BCUT2D eigenvalue weighted by Gasteiger charge is 2.11. The Morgan fingerprint density at radius 3 is 2.57 bits per heavy atom. The van der Waals surface area contributed by atoms with E-state index in [1.807, 2.05) is 0 Å². The van der Waals surface area contributed by atoms with Gasteiger partial charge in [0.15, 0.2) is 0 Å². The van der Waals surface area contributed by atoms with Crippen LogP contribution in [0.3, 0.4) is 0 Å². The maximum absolute atomic E-state index is 11.9. The van der Waals surface area contributed by atoms with Crippen LogP contribution >= 0.6 is 0 Å². The number of benzene rings is 2. The molecule has 2 rings (SSSR count). The number of hydrogen-bond donors (Lipinski definition) is 2. The minimum atomic E-state index is -3.72. The van der Waals surface area contributed by atoms with E-state index in [1.165, 1.54) is 37.6 Å². The van der Waals surface area contributed by atoms with Gasteiger partial charge in [0.25, 0.3) is 10.0 Å². The summed E-state index contributed by atoms with van der Waals surface area (Å²) < 4.78 is 28.9. The summed E-state index contributed by atoms with van der Waals surface area (Å²) in [6, 6.07) is 12.4. The first-order valence-corrected chi connectivity index (χ1v) is 7.48. The van der Waals surface area contributed by atoms with Crippen LogP contribution in [0, 0.1) is 0 Å². The number of methoxy groups -OCH3 is 1. The number of sulfonamides is 1. The van der Waals surface area contributed by atoms with Crippen LogP contribution in [0.4, 0.5) is 0 Å². The van der Waals surface area contributed by atoms with Crippen LogP contribution in [0.2, 0.25) is 0 Å². The lowest BCUT2D eigenvalue weighted by atomic mass is 10.2. The van der Waals surface area contributed by atoms with Gasteiger partial charge in [-0.1, -0.05) is 18.2 Å². The topological polar surface area (TPSA) is 88.0 Å². The number of aromatic hydroxyl groups is 1. The molecule has 7 heteroatoms. The number of ether oxygens (including phenoxy) is 1. The van der Waals surface area contributed by atoms with Gasteiger partial charge in [0.2, 0.25) is 0 Å². The SMILES string of the molecule is COc1ccc(O)c(/C=N\NS(=O)(=O)c2ccccc2)c1. The predicted molar refractivity (Wildman–Crippen MR) is 79.0 cm³/mol. The Morgan fingerprint density at radius 1 is 1.19 bits per heavy atom. The van der Waals surface area contributed by atoms with Crippen molar-refractivity contribution < 1.29 is 18.3 Å². The smallest absolute Gasteiger partial charge is 0.276 e. The van der Waals surface area contributed by atoms with E-state index in [0.717, 1.165) is 0 Å². The molecule has 2 aromatic rings. The summed E-state index contributed by atoms with van der Waals surface area (Å²) >= 11 is 0. The van der Waals surface area contributed by atoms with Crippen molar-refractivity contribution in [1.82, 2.24) is 4.83 Å². The third-order valence-corrected chi connectivity index (χ3v) is 3.90. The van der Waals surface area contributed by atoms with Crippen molar-refractivity contribution in [2.24, 2.45) is 5.10 Å². The highest BCUT2D eigenvalue weighted by Crippen LogP contribution is 2.21. The number of phenols is 1. The average Bonchev–Trinajstić information content (AvgIpc) is 2.50. The molecule has 2 aromatic carbocycles. The maximum atomic E-state index is 11.9. The number of rotatable bonds is 5. The van der Waals surface area contributed by atoms with Gasteiger partial charge in [0, 0.05) is 5.56 Å². The quantitative estimate of drug-likeness (QED) is 0.650. The molecule has 0 atom stereocenters. The molecule has 0 aliphatic heterocycles. The van der Waals surface area contributed by atoms with Gasteiger partial charge in [0.1, 0.15) is 11.5 Å². The maximum Gasteiger partial charge on any atom is 0.276 e. The van der Waals surface area contributed by atoms with Gasteiger partial charge < -0.3 is 9.84 Å². The number of nitrogens with one attached hydrogen (secondary N) is 1. The predicted octanol–water partition coefficient (Wildman–Crippen LogP) is 1.71. The summed E-state index contributed by atoms with van der Waals surface area (Å²) in [5.74, 6) is 0.499. The third kappa shape index (κ3) is 3.73. The van der Waals surface area contributed by atoms with Crippen LogP contribution in [0.5, 0.6) is 11.5 Å². The fraction of sp³-hybridized carbons (Fsp3) is 0.0714. The second kappa shape index (κ2) is 6.27. The van der Waals surface area contributed by atoms with Crippen LogP contribution in [-0.4, -0.2) is 26.8 Å². The zero-order chi connectivity index (χ0) is 15.3. The Morgan fingerprint density at radius 2 is 1.90 bits per heavy atom.